The normalized spacial score (nSPS) is 11.6. The molecule has 2 N–H and O–H groups in total. The van der Waals surface area contributed by atoms with Gasteiger partial charge in [-0.15, -0.1) is 0 Å². The second-order valence-corrected chi connectivity index (χ2v) is 5.69. The fraction of sp³-hybridized carbons (Fsp3) is 0.250. The van der Waals surface area contributed by atoms with E-state index in [2.05, 4.69) is 20.8 Å². The molecule has 78 valence electrons. The first-order chi connectivity index (χ1) is 6.45. The van der Waals surface area contributed by atoms with Crippen LogP contribution in [-0.2, 0) is 21.3 Å². The Kier molecular flexibility index (Phi) is 3.65. The summed E-state index contributed by atoms with van der Waals surface area (Å²) in [5, 5.41) is 0. The Bertz CT molecular complexity index is 430. The molecular formula is C8H10BrNO3S. The number of benzene rings is 1. The van der Waals surface area contributed by atoms with Gasteiger partial charge < -0.3 is 0 Å². The molecule has 0 aliphatic carbocycles. The summed E-state index contributed by atoms with van der Waals surface area (Å²) in [5.41, 5.74) is 0.812. The third-order valence-corrected chi connectivity index (χ3v) is 3.72. The summed E-state index contributed by atoms with van der Waals surface area (Å²) in [6, 6.07) is 4.85. The van der Waals surface area contributed by atoms with Crippen molar-refractivity contribution >= 4 is 25.8 Å². The second kappa shape index (κ2) is 4.39. The monoisotopic (exact) mass is 279 g/mol. The van der Waals surface area contributed by atoms with E-state index in [1.165, 1.54) is 6.07 Å². The Labute approximate surface area is 91.1 Å². The molecule has 1 aromatic rings. The highest BCUT2D eigenvalue weighted by Gasteiger charge is 2.11. The molecule has 6 heteroatoms. The summed E-state index contributed by atoms with van der Waals surface area (Å²) in [7, 11) is -3.18. The van der Waals surface area contributed by atoms with E-state index in [1.54, 1.807) is 12.1 Å². The Balaban J connectivity index is 3.15. The Morgan fingerprint density at radius 2 is 2.14 bits per heavy atom. The number of hydrogen-bond donors (Lipinski definition) is 1. The van der Waals surface area contributed by atoms with Crippen LogP contribution >= 0.6 is 15.9 Å². The number of sulfone groups is 1. The molecule has 0 unspecified atom stereocenters. The molecule has 14 heavy (non-hydrogen) atoms. The first-order valence-electron chi connectivity index (χ1n) is 3.75. The Hall–Kier alpha value is -0.430. The number of nitrogens with two attached hydrogens (primary N) is 1. The van der Waals surface area contributed by atoms with Crippen molar-refractivity contribution in [1.82, 2.24) is 0 Å². The van der Waals surface area contributed by atoms with E-state index in [0.717, 1.165) is 11.8 Å². The minimum Gasteiger partial charge on any atom is -0.300 e. The number of hydrogen-bond acceptors (Lipinski definition) is 4. The minimum absolute atomic E-state index is 0.253. The molecule has 0 heterocycles. The first kappa shape index (κ1) is 11.6. The van der Waals surface area contributed by atoms with E-state index >= 15 is 0 Å². The molecule has 1 aromatic carbocycles. The van der Waals surface area contributed by atoms with Gasteiger partial charge in [0, 0.05) is 10.7 Å². The van der Waals surface area contributed by atoms with Crippen LogP contribution in [0.3, 0.4) is 0 Å². The van der Waals surface area contributed by atoms with Gasteiger partial charge in [0.05, 0.1) is 11.5 Å². The summed E-state index contributed by atoms with van der Waals surface area (Å²) in [6.07, 6.45) is 1.16. The first-order valence-corrected chi connectivity index (χ1v) is 6.44. The van der Waals surface area contributed by atoms with Gasteiger partial charge in [0.25, 0.3) is 0 Å². The minimum atomic E-state index is -3.18. The van der Waals surface area contributed by atoms with Crippen molar-refractivity contribution in [2.45, 2.75) is 11.5 Å². The van der Waals surface area contributed by atoms with Gasteiger partial charge in [0.1, 0.15) is 0 Å². The second-order valence-electron chi connectivity index (χ2n) is 2.85. The molecular weight excluding hydrogens is 270 g/mol. The van der Waals surface area contributed by atoms with Gasteiger partial charge >= 0.3 is 0 Å². The third-order valence-electron chi connectivity index (χ3n) is 1.65. The van der Waals surface area contributed by atoms with Gasteiger partial charge in [-0.25, -0.2) is 14.3 Å². The summed E-state index contributed by atoms with van der Waals surface area (Å²) < 4.78 is 23.0. The van der Waals surface area contributed by atoms with E-state index in [9.17, 15) is 8.42 Å². The van der Waals surface area contributed by atoms with Crippen LogP contribution in [0.15, 0.2) is 27.6 Å². The molecule has 0 saturated carbocycles. The van der Waals surface area contributed by atoms with Crippen LogP contribution in [0, 0.1) is 0 Å². The fourth-order valence-electron chi connectivity index (χ4n) is 1.03. The van der Waals surface area contributed by atoms with E-state index in [1.807, 2.05) is 0 Å². The van der Waals surface area contributed by atoms with E-state index in [0.29, 0.717) is 4.47 Å². The zero-order valence-corrected chi connectivity index (χ0v) is 9.93. The number of halogens is 1. The summed E-state index contributed by atoms with van der Waals surface area (Å²) >= 11 is 3.18. The van der Waals surface area contributed by atoms with Crippen molar-refractivity contribution in [2.75, 3.05) is 6.26 Å². The van der Waals surface area contributed by atoms with Gasteiger partial charge in [-0.3, -0.25) is 4.84 Å². The van der Waals surface area contributed by atoms with Crippen LogP contribution in [0.1, 0.15) is 5.56 Å². The smallest absolute Gasteiger partial charge is 0.176 e. The lowest BCUT2D eigenvalue weighted by Gasteiger charge is -2.04. The molecule has 0 saturated heterocycles. The Morgan fingerprint density at radius 3 is 2.57 bits per heavy atom. The van der Waals surface area contributed by atoms with Crippen LogP contribution in [0.2, 0.25) is 0 Å². The topological polar surface area (TPSA) is 69.4 Å². The molecule has 0 bridgehead atoms. The van der Waals surface area contributed by atoms with Gasteiger partial charge in [-0.2, -0.15) is 0 Å². The van der Waals surface area contributed by atoms with Gasteiger partial charge in [0.15, 0.2) is 9.84 Å². The summed E-state index contributed by atoms with van der Waals surface area (Å²) in [5.74, 6) is 4.90. The van der Waals surface area contributed by atoms with Crippen molar-refractivity contribution in [3.8, 4) is 0 Å². The average molecular weight is 280 g/mol. The largest absolute Gasteiger partial charge is 0.300 e. The van der Waals surface area contributed by atoms with Gasteiger partial charge in [0.2, 0.25) is 0 Å². The van der Waals surface area contributed by atoms with E-state index in [-0.39, 0.29) is 11.5 Å². The highest BCUT2D eigenvalue weighted by atomic mass is 79.9. The molecule has 0 spiro atoms. The predicted octanol–water partition coefficient (Wildman–Crippen LogP) is 1.24. The van der Waals surface area contributed by atoms with Crippen molar-refractivity contribution < 1.29 is 13.3 Å². The van der Waals surface area contributed by atoms with Crippen molar-refractivity contribution in [1.29, 1.82) is 0 Å². The van der Waals surface area contributed by atoms with E-state index < -0.39 is 9.84 Å². The molecule has 0 aliphatic heterocycles. The third kappa shape index (κ3) is 2.78. The van der Waals surface area contributed by atoms with Crippen molar-refractivity contribution in [3.05, 3.63) is 28.2 Å². The molecule has 4 nitrogen and oxygen atoms in total. The molecule has 0 aromatic heterocycles. The van der Waals surface area contributed by atoms with Crippen LogP contribution in [-0.4, -0.2) is 14.7 Å². The van der Waals surface area contributed by atoms with Crippen LogP contribution < -0.4 is 5.90 Å². The standard InChI is InChI=1S/C8H10BrNO3S/c1-14(11,12)8-3-2-6(5-13-10)4-7(8)9/h2-4H,5,10H2,1H3. The van der Waals surface area contributed by atoms with Crippen LogP contribution in [0.25, 0.3) is 0 Å². The summed E-state index contributed by atoms with van der Waals surface area (Å²) in [4.78, 5) is 4.70. The van der Waals surface area contributed by atoms with Gasteiger partial charge in [-0.05, 0) is 33.6 Å². The average Bonchev–Trinajstić information content (AvgIpc) is 2.02. The predicted molar refractivity (Wildman–Crippen MR) is 56.2 cm³/mol. The molecule has 0 aliphatic rings. The number of rotatable bonds is 3. The molecule has 0 radical (unpaired) electrons. The lowest BCUT2D eigenvalue weighted by Crippen LogP contribution is -2.01. The molecule has 0 amide bonds. The fourth-order valence-corrected chi connectivity index (χ4v) is 3.07. The lowest BCUT2D eigenvalue weighted by atomic mass is 10.2. The Morgan fingerprint density at radius 1 is 1.50 bits per heavy atom. The van der Waals surface area contributed by atoms with Crippen molar-refractivity contribution in [2.24, 2.45) is 5.90 Å². The van der Waals surface area contributed by atoms with Crippen molar-refractivity contribution in [3.63, 3.8) is 0 Å². The molecule has 0 fully saturated rings. The van der Waals surface area contributed by atoms with E-state index in [4.69, 9.17) is 5.90 Å². The quantitative estimate of drug-likeness (QED) is 0.846. The zero-order chi connectivity index (χ0) is 10.8. The highest BCUT2D eigenvalue weighted by Crippen LogP contribution is 2.23. The zero-order valence-electron chi connectivity index (χ0n) is 7.53. The molecule has 1 rings (SSSR count). The van der Waals surface area contributed by atoms with Gasteiger partial charge in [-0.1, -0.05) is 6.07 Å². The van der Waals surface area contributed by atoms with Crippen LogP contribution in [0.4, 0.5) is 0 Å². The maximum Gasteiger partial charge on any atom is 0.176 e. The summed E-state index contributed by atoms with van der Waals surface area (Å²) in [6.45, 7) is 0.253. The highest BCUT2D eigenvalue weighted by molar-refractivity contribution is 9.10. The van der Waals surface area contributed by atoms with Crippen LogP contribution in [0.5, 0.6) is 0 Å². The SMILES string of the molecule is CS(=O)(=O)c1ccc(CON)cc1Br. The maximum atomic E-state index is 11.2. The lowest BCUT2D eigenvalue weighted by molar-refractivity contribution is 0.124. The maximum absolute atomic E-state index is 11.2. The molecule has 0 atom stereocenters.